The first-order valence-electron chi connectivity index (χ1n) is 9.26. The lowest BCUT2D eigenvalue weighted by Gasteiger charge is -2.25. The first kappa shape index (κ1) is 22.7. The number of benzene rings is 1. The van der Waals surface area contributed by atoms with Crippen LogP contribution in [-0.4, -0.2) is 76.5 Å². The lowest BCUT2D eigenvalue weighted by Crippen LogP contribution is -2.41. The first-order chi connectivity index (χ1) is 12.9. The maximum absolute atomic E-state index is 13.1. The van der Waals surface area contributed by atoms with Gasteiger partial charge in [0.05, 0.1) is 4.90 Å². The molecule has 1 amide bonds. The second kappa shape index (κ2) is 9.78. The molecule has 1 atom stereocenters. The summed E-state index contributed by atoms with van der Waals surface area (Å²) >= 11 is 0. The van der Waals surface area contributed by atoms with Gasteiger partial charge in [0.1, 0.15) is 13.2 Å². The fourth-order valence-electron chi connectivity index (χ4n) is 3.39. The van der Waals surface area contributed by atoms with E-state index in [9.17, 15) is 13.2 Å². The summed E-state index contributed by atoms with van der Waals surface area (Å²) in [6.45, 7) is 5.00. The van der Waals surface area contributed by atoms with Crippen LogP contribution < -0.4 is 14.8 Å². The Balaban J connectivity index is 0.00000280. The molecule has 0 aromatic heterocycles. The Labute approximate surface area is 172 Å². The topological polar surface area (TPSA) is 88.2 Å². The maximum atomic E-state index is 13.1. The summed E-state index contributed by atoms with van der Waals surface area (Å²) in [5.74, 6) is 0.945. The van der Waals surface area contributed by atoms with Crippen molar-refractivity contribution in [2.45, 2.75) is 18.2 Å². The third-order valence-electron chi connectivity index (χ3n) is 4.85. The van der Waals surface area contributed by atoms with E-state index in [2.05, 4.69) is 5.32 Å². The highest BCUT2D eigenvalue weighted by atomic mass is 35.5. The Morgan fingerprint density at radius 2 is 1.86 bits per heavy atom. The van der Waals surface area contributed by atoms with E-state index in [0.717, 1.165) is 0 Å². The molecule has 158 valence electrons. The van der Waals surface area contributed by atoms with Gasteiger partial charge in [-0.15, -0.1) is 12.4 Å². The number of halogens is 1. The van der Waals surface area contributed by atoms with Crippen LogP contribution in [0.4, 0.5) is 0 Å². The zero-order valence-electron chi connectivity index (χ0n) is 16.2. The minimum atomic E-state index is -3.65. The number of nitrogens with zero attached hydrogens (tertiary/aromatic N) is 2. The van der Waals surface area contributed by atoms with Crippen LogP contribution in [-0.2, 0) is 14.8 Å². The van der Waals surface area contributed by atoms with Crippen LogP contribution in [0.3, 0.4) is 0 Å². The lowest BCUT2D eigenvalue weighted by molar-refractivity contribution is -0.134. The molecule has 2 aliphatic heterocycles. The highest BCUT2D eigenvalue weighted by Crippen LogP contribution is 2.33. The Morgan fingerprint density at radius 1 is 1.14 bits per heavy atom. The molecule has 10 heteroatoms. The molecule has 3 rings (SSSR count). The Bertz CT molecular complexity index is 789. The molecule has 2 aliphatic rings. The van der Waals surface area contributed by atoms with Gasteiger partial charge in [-0.25, -0.2) is 8.42 Å². The third kappa shape index (κ3) is 4.89. The van der Waals surface area contributed by atoms with Crippen LogP contribution in [0.2, 0.25) is 0 Å². The first-order valence-corrected chi connectivity index (χ1v) is 10.7. The van der Waals surface area contributed by atoms with E-state index in [0.29, 0.717) is 57.3 Å². The number of ether oxygens (including phenoxy) is 2. The van der Waals surface area contributed by atoms with Crippen molar-refractivity contribution >= 4 is 28.3 Å². The van der Waals surface area contributed by atoms with Crippen molar-refractivity contribution in [1.82, 2.24) is 14.5 Å². The summed E-state index contributed by atoms with van der Waals surface area (Å²) in [5.41, 5.74) is 0. The number of carbonyl (C=O) groups is 1. The van der Waals surface area contributed by atoms with Crippen LogP contribution in [0.15, 0.2) is 23.1 Å². The predicted molar refractivity (Wildman–Crippen MR) is 108 cm³/mol. The van der Waals surface area contributed by atoms with Crippen molar-refractivity contribution in [3.8, 4) is 11.5 Å². The number of hydrogen-bond acceptors (Lipinski definition) is 6. The van der Waals surface area contributed by atoms with E-state index in [4.69, 9.17) is 9.47 Å². The zero-order valence-corrected chi connectivity index (χ0v) is 17.9. The molecule has 1 aromatic rings. The Kier molecular flexibility index (Phi) is 7.94. The van der Waals surface area contributed by atoms with E-state index < -0.39 is 10.0 Å². The molecule has 1 saturated heterocycles. The van der Waals surface area contributed by atoms with Crippen LogP contribution in [0.1, 0.15) is 13.3 Å². The molecule has 2 heterocycles. The summed E-state index contributed by atoms with van der Waals surface area (Å²) in [6.07, 6.45) is 0.613. The van der Waals surface area contributed by atoms with Crippen LogP contribution in [0.25, 0.3) is 0 Å². The Hall–Kier alpha value is -1.55. The minimum Gasteiger partial charge on any atom is -0.486 e. The quantitative estimate of drug-likeness (QED) is 0.744. The standard InChI is InChI=1S/C18H27N3O5S.ClH/c1-14(13-19-2)18(22)20-6-3-7-21(9-8-20)27(23,24)15-4-5-16-17(12-15)26-11-10-25-16;/h4-5,12,14,19H,3,6-11,13H2,1-2H3;1H. The van der Waals surface area contributed by atoms with Crippen molar-refractivity contribution in [1.29, 1.82) is 0 Å². The van der Waals surface area contributed by atoms with Gasteiger partial charge in [-0.3, -0.25) is 4.79 Å². The number of nitrogens with one attached hydrogen (secondary N) is 1. The number of sulfonamides is 1. The number of carbonyl (C=O) groups excluding carboxylic acids is 1. The molecule has 1 unspecified atom stereocenters. The van der Waals surface area contributed by atoms with Gasteiger partial charge in [-0.05, 0) is 25.6 Å². The average molecular weight is 434 g/mol. The molecule has 0 saturated carbocycles. The van der Waals surface area contributed by atoms with Crippen molar-refractivity contribution in [2.75, 3.05) is 53.0 Å². The van der Waals surface area contributed by atoms with Gasteiger partial charge in [0.2, 0.25) is 15.9 Å². The van der Waals surface area contributed by atoms with E-state index in [-0.39, 0.29) is 35.7 Å². The Morgan fingerprint density at radius 3 is 2.57 bits per heavy atom. The van der Waals surface area contributed by atoms with Gasteiger partial charge in [-0.2, -0.15) is 4.31 Å². The molecule has 0 spiro atoms. The molecular weight excluding hydrogens is 406 g/mol. The van der Waals surface area contributed by atoms with Gasteiger partial charge in [0.25, 0.3) is 0 Å². The molecule has 0 radical (unpaired) electrons. The molecule has 0 aliphatic carbocycles. The number of rotatable bonds is 5. The monoisotopic (exact) mass is 433 g/mol. The fraction of sp³-hybridized carbons (Fsp3) is 0.611. The van der Waals surface area contributed by atoms with Crippen molar-refractivity contribution in [3.05, 3.63) is 18.2 Å². The summed E-state index contributed by atoms with van der Waals surface area (Å²) < 4.78 is 38.5. The molecule has 8 nitrogen and oxygen atoms in total. The van der Waals surface area contributed by atoms with E-state index >= 15 is 0 Å². The summed E-state index contributed by atoms with van der Waals surface area (Å²) in [4.78, 5) is 14.5. The minimum absolute atomic E-state index is 0. The van der Waals surface area contributed by atoms with E-state index in [1.807, 2.05) is 14.0 Å². The second-order valence-corrected chi connectivity index (χ2v) is 8.79. The third-order valence-corrected chi connectivity index (χ3v) is 6.74. The van der Waals surface area contributed by atoms with E-state index in [1.165, 1.54) is 10.4 Å². The highest BCUT2D eigenvalue weighted by Gasteiger charge is 2.30. The lowest BCUT2D eigenvalue weighted by atomic mass is 10.1. The van der Waals surface area contributed by atoms with E-state index in [1.54, 1.807) is 17.0 Å². The van der Waals surface area contributed by atoms with Gasteiger partial charge in [0.15, 0.2) is 11.5 Å². The van der Waals surface area contributed by atoms with Crippen LogP contribution in [0, 0.1) is 5.92 Å². The number of amides is 1. The van der Waals surface area contributed by atoms with Crippen molar-refractivity contribution in [3.63, 3.8) is 0 Å². The molecular formula is C18H28ClN3O5S. The predicted octanol–water partition coefficient (Wildman–Crippen LogP) is 0.958. The van der Waals surface area contributed by atoms with Crippen molar-refractivity contribution in [2.24, 2.45) is 5.92 Å². The number of hydrogen-bond donors (Lipinski definition) is 1. The zero-order chi connectivity index (χ0) is 19.4. The SMILES string of the molecule is CNCC(C)C(=O)N1CCCN(S(=O)(=O)c2ccc3c(c2)OCCO3)CC1.Cl. The molecule has 0 bridgehead atoms. The molecule has 1 fully saturated rings. The van der Waals surface area contributed by atoms with Gasteiger partial charge in [0, 0.05) is 44.7 Å². The summed E-state index contributed by atoms with van der Waals surface area (Å²) in [6, 6.07) is 4.70. The van der Waals surface area contributed by atoms with Gasteiger partial charge >= 0.3 is 0 Å². The second-order valence-electron chi connectivity index (χ2n) is 6.85. The molecule has 1 aromatic carbocycles. The van der Waals surface area contributed by atoms with Gasteiger partial charge in [-0.1, -0.05) is 6.92 Å². The summed E-state index contributed by atoms with van der Waals surface area (Å²) in [7, 11) is -1.84. The normalized spacial score (nSPS) is 18.7. The molecule has 28 heavy (non-hydrogen) atoms. The largest absolute Gasteiger partial charge is 0.486 e. The fourth-order valence-corrected chi connectivity index (χ4v) is 4.88. The highest BCUT2D eigenvalue weighted by molar-refractivity contribution is 7.89. The maximum Gasteiger partial charge on any atom is 0.243 e. The van der Waals surface area contributed by atoms with Crippen LogP contribution >= 0.6 is 12.4 Å². The molecule has 1 N–H and O–H groups in total. The smallest absolute Gasteiger partial charge is 0.243 e. The van der Waals surface area contributed by atoms with Gasteiger partial charge < -0.3 is 19.7 Å². The van der Waals surface area contributed by atoms with Crippen LogP contribution in [0.5, 0.6) is 11.5 Å². The van der Waals surface area contributed by atoms with Crippen molar-refractivity contribution < 1.29 is 22.7 Å². The average Bonchev–Trinajstić information content (AvgIpc) is 2.94. The summed E-state index contributed by atoms with van der Waals surface area (Å²) in [5, 5.41) is 3.01. The number of fused-ring (bicyclic) bond motifs is 1.